The molecule has 1 aromatic rings. The van der Waals surface area contributed by atoms with Crippen molar-refractivity contribution < 1.29 is 26.4 Å². The van der Waals surface area contributed by atoms with Crippen LogP contribution in [0.1, 0.15) is 29.7 Å². The van der Waals surface area contributed by atoms with Crippen molar-refractivity contribution in [3.05, 3.63) is 17.6 Å². The molecule has 0 bridgehead atoms. The molecule has 0 aliphatic carbocycles. The van der Waals surface area contributed by atoms with E-state index in [4.69, 9.17) is 9.56 Å². The quantitative estimate of drug-likeness (QED) is 0.858. The van der Waals surface area contributed by atoms with Crippen LogP contribution in [0.3, 0.4) is 0 Å². The largest absolute Gasteiger partial charge is 0.455 e. The van der Waals surface area contributed by atoms with Gasteiger partial charge in [0.25, 0.3) is 12.3 Å². The molecule has 1 rings (SSSR count). The summed E-state index contributed by atoms with van der Waals surface area (Å²) in [6.07, 6.45) is -2.19. The molecule has 1 amide bonds. The first-order valence-corrected chi connectivity index (χ1v) is 7.42. The van der Waals surface area contributed by atoms with Crippen LogP contribution < -0.4 is 5.14 Å². The maximum atomic E-state index is 12.4. The van der Waals surface area contributed by atoms with Gasteiger partial charge < -0.3 is 9.32 Å². The Morgan fingerprint density at radius 1 is 1.50 bits per heavy atom. The van der Waals surface area contributed by atoms with Crippen LogP contribution in [0.15, 0.2) is 15.4 Å². The van der Waals surface area contributed by atoms with E-state index in [-0.39, 0.29) is 23.0 Å². The number of amides is 1. The van der Waals surface area contributed by atoms with Crippen LogP contribution in [0.5, 0.6) is 0 Å². The van der Waals surface area contributed by atoms with Crippen molar-refractivity contribution in [1.29, 1.82) is 0 Å². The molecule has 0 saturated carbocycles. The lowest BCUT2D eigenvalue weighted by atomic mass is 10.3. The van der Waals surface area contributed by atoms with Crippen molar-refractivity contribution in [2.75, 3.05) is 13.1 Å². The van der Waals surface area contributed by atoms with Crippen LogP contribution in [0.2, 0.25) is 0 Å². The third-order valence-corrected chi connectivity index (χ3v) is 3.55. The van der Waals surface area contributed by atoms with Gasteiger partial charge in [-0.15, -0.1) is 0 Å². The van der Waals surface area contributed by atoms with Crippen LogP contribution in [-0.2, 0) is 10.0 Å². The summed E-state index contributed by atoms with van der Waals surface area (Å²) in [6, 6.07) is 0.959. The van der Waals surface area contributed by atoms with Crippen LogP contribution in [0.4, 0.5) is 8.78 Å². The van der Waals surface area contributed by atoms with Crippen LogP contribution in [-0.4, -0.2) is 38.7 Å². The van der Waals surface area contributed by atoms with Gasteiger partial charge >= 0.3 is 0 Å². The molecule has 9 heteroatoms. The van der Waals surface area contributed by atoms with E-state index in [1.54, 1.807) is 6.92 Å². The molecule has 2 N–H and O–H groups in total. The molecular formula is C11H16F2N2O4S. The predicted molar refractivity (Wildman–Crippen MR) is 67.0 cm³/mol. The summed E-state index contributed by atoms with van der Waals surface area (Å²) in [5.74, 6) is -1.16. The topological polar surface area (TPSA) is 93.6 Å². The molecule has 0 fully saturated rings. The van der Waals surface area contributed by atoms with Gasteiger partial charge in [-0.3, -0.25) is 4.79 Å². The number of sulfonamides is 1. The zero-order chi connectivity index (χ0) is 15.5. The van der Waals surface area contributed by atoms with Gasteiger partial charge in [-0.1, -0.05) is 6.92 Å². The Bertz CT molecular complexity index is 583. The standard InChI is InChI=1S/C11H16F2N2O4S/c1-3-4-15(6-10(12)13)11(16)8-5-9(7(2)19-8)20(14,17)18/h5,10H,3-4,6H2,1-2H3,(H2,14,17,18). The summed E-state index contributed by atoms with van der Waals surface area (Å²) in [5.41, 5.74) is 0. The third-order valence-electron chi connectivity index (χ3n) is 2.53. The fourth-order valence-corrected chi connectivity index (χ4v) is 2.43. The second-order valence-corrected chi connectivity index (χ2v) is 5.75. The van der Waals surface area contributed by atoms with Crippen LogP contribution >= 0.6 is 0 Å². The molecule has 114 valence electrons. The van der Waals surface area contributed by atoms with Crippen molar-refractivity contribution in [3.63, 3.8) is 0 Å². The smallest absolute Gasteiger partial charge is 0.289 e. The van der Waals surface area contributed by atoms with Gasteiger partial charge in [-0.05, 0) is 13.3 Å². The zero-order valence-electron chi connectivity index (χ0n) is 11.1. The van der Waals surface area contributed by atoms with Gasteiger partial charge in [-0.2, -0.15) is 0 Å². The van der Waals surface area contributed by atoms with Crippen molar-refractivity contribution in [2.24, 2.45) is 5.14 Å². The van der Waals surface area contributed by atoms with Gasteiger partial charge in [0.15, 0.2) is 5.76 Å². The van der Waals surface area contributed by atoms with E-state index in [0.717, 1.165) is 11.0 Å². The summed E-state index contributed by atoms with van der Waals surface area (Å²) < 4.78 is 52.3. The summed E-state index contributed by atoms with van der Waals surface area (Å²) in [5, 5.41) is 4.95. The van der Waals surface area contributed by atoms with E-state index in [0.29, 0.717) is 6.42 Å². The average Bonchev–Trinajstić information content (AvgIpc) is 2.69. The second kappa shape index (κ2) is 6.31. The lowest BCUT2D eigenvalue weighted by molar-refractivity contribution is 0.0527. The normalized spacial score (nSPS) is 11.9. The van der Waals surface area contributed by atoms with Gasteiger partial charge in [0, 0.05) is 12.6 Å². The highest BCUT2D eigenvalue weighted by atomic mass is 32.2. The highest BCUT2D eigenvalue weighted by Gasteiger charge is 2.25. The number of primary sulfonamides is 1. The Labute approximate surface area is 115 Å². The summed E-state index contributed by atoms with van der Waals surface area (Å²) in [6.45, 7) is 2.44. The number of hydrogen-bond donors (Lipinski definition) is 1. The van der Waals surface area contributed by atoms with E-state index in [9.17, 15) is 22.0 Å². The number of carbonyl (C=O) groups is 1. The van der Waals surface area contributed by atoms with Crippen LogP contribution in [0, 0.1) is 6.92 Å². The minimum absolute atomic E-state index is 0.0515. The number of rotatable bonds is 6. The first-order chi connectivity index (χ1) is 9.16. The highest BCUT2D eigenvalue weighted by Crippen LogP contribution is 2.20. The third kappa shape index (κ3) is 4.01. The number of furan rings is 1. The van der Waals surface area contributed by atoms with Crippen molar-refractivity contribution in [2.45, 2.75) is 31.6 Å². The molecule has 0 atom stereocenters. The highest BCUT2D eigenvalue weighted by molar-refractivity contribution is 7.89. The summed E-state index contributed by atoms with van der Waals surface area (Å²) in [7, 11) is -4.02. The number of hydrogen-bond acceptors (Lipinski definition) is 4. The Kier molecular flexibility index (Phi) is 5.23. The van der Waals surface area contributed by atoms with E-state index < -0.39 is 28.9 Å². The SMILES string of the molecule is CCCN(CC(F)F)C(=O)c1cc(S(N)(=O)=O)c(C)o1. The lowest BCUT2D eigenvalue weighted by Crippen LogP contribution is -2.35. The van der Waals surface area contributed by atoms with Crippen molar-refractivity contribution >= 4 is 15.9 Å². The average molecular weight is 310 g/mol. The predicted octanol–water partition coefficient (Wildman–Crippen LogP) is 1.35. The molecule has 0 aliphatic rings. The van der Waals surface area contributed by atoms with E-state index >= 15 is 0 Å². The van der Waals surface area contributed by atoms with Crippen molar-refractivity contribution in [3.8, 4) is 0 Å². The number of halogens is 2. The second-order valence-electron chi connectivity index (χ2n) is 4.22. The molecular weight excluding hydrogens is 294 g/mol. The Morgan fingerprint density at radius 3 is 2.50 bits per heavy atom. The van der Waals surface area contributed by atoms with E-state index in [1.807, 2.05) is 0 Å². The first-order valence-electron chi connectivity index (χ1n) is 5.87. The Hall–Kier alpha value is -1.48. The minimum Gasteiger partial charge on any atom is -0.455 e. The molecule has 0 saturated heterocycles. The van der Waals surface area contributed by atoms with E-state index in [1.165, 1.54) is 6.92 Å². The summed E-state index contributed by atoms with van der Waals surface area (Å²) >= 11 is 0. The molecule has 0 aliphatic heterocycles. The minimum atomic E-state index is -4.02. The van der Waals surface area contributed by atoms with Gasteiger partial charge in [0.1, 0.15) is 10.7 Å². The van der Waals surface area contributed by atoms with Gasteiger partial charge in [0.05, 0.1) is 6.54 Å². The van der Waals surface area contributed by atoms with Gasteiger partial charge in [0.2, 0.25) is 10.0 Å². The van der Waals surface area contributed by atoms with Gasteiger partial charge in [-0.25, -0.2) is 22.3 Å². The lowest BCUT2D eigenvalue weighted by Gasteiger charge is -2.20. The van der Waals surface area contributed by atoms with Crippen LogP contribution in [0.25, 0.3) is 0 Å². The zero-order valence-corrected chi connectivity index (χ0v) is 11.9. The fraction of sp³-hybridized carbons (Fsp3) is 0.545. The molecule has 20 heavy (non-hydrogen) atoms. The first kappa shape index (κ1) is 16.6. The number of nitrogens with zero attached hydrogens (tertiary/aromatic N) is 1. The molecule has 0 aromatic carbocycles. The van der Waals surface area contributed by atoms with E-state index in [2.05, 4.69) is 0 Å². The monoisotopic (exact) mass is 310 g/mol. The maximum Gasteiger partial charge on any atom is 0.289 e. The number of aryl methyl sites for hydroxylation is 1. The number of nitrogens with two attached hydrogens (primary N) is 1. The van der Waals surface area contributed by atoms with Crippen molar-refractivity contribution in [1.82, 2.24) is 4.90 Å². The molecule has 1 heterocycles. The molecule has 6 nitrogen and oxygen atoms in total. The molecule has 0 unspecified atom stereocenters. The molecule has 1 aromatic heterocycles. The number of carbonyl (C=O) groups excluding carboxylic acids is 1. The molecule has 0 radical (unpaired) electrons. The maximum absolute atomic E-state index is 12.4. The Morgan fingerprint density at radius 2 is 2.10 bits per heavy atom. The fourth-order valence-electron chi connectivity index (χ4n) is 1.72. The molecule has 0 spiro atoms. The summed E-state index contributed by atoms with van der Waals surface area (Å²) in [4.78, 5) is 12.6. The number of alkyl halides is 2. The Balaban J connectivity index is 3.07.